The first kappa shape index (κ1) is 17.5. The van der Waals surface area contributed by atoms with Crippen LogP contribution in [0.25, 0.3) is 0 Å². The van der Waals surface area contributed by atoms with Crippen LogP contribution in [0.5, 0.6) is 11.5 Å². The van der Waals surface area contributed by atoms with Gasteiger partial charge >= 0.3 is 6.61 Å². The minimum absolute atomic E-state index is 0.0850. The van der Waals surface area contributed by atoms with Crippen LogP contribution in [0, 0.1) is 13.8 Å². The van der Waals surface area contributed by atoms with Crippen LogP contribution in [-0.4, -0.2) is 25.8 Å². The lowest BCUT2D eigenvalue weighted by Gasteiger charge is -2.09. The van der Waals surface area contributed by atoms with Gasteiger partial charge in [-0.2, -0.15) is 13.9 Å². The monoisotopic (exact) mass is 338 g/mol. The van der Waals surface area contributed by atoms with E-state index < -0.39 is 12.5 Å². The molecule has 0 saturated heterocycles. The van der Waals surface area contributed by atoms with Gasteiger partial charge < -0.3 is 13.9 Å². The normalized spacial score (nSPS) is 11.1. The Bertz CT molecular complexity index is 757. The van der Waals surface area contributed by atoms with Gasteiger partial charge in [-0.1, -0.05) is 0 Å². The number of rotatable bonds is 6. The van der Waals surface area contributed by atoms with Crippen LogP contribution in [0.3, 0.4) is 0 Å². The molecule has 1 heterocycles. The highest BCUT2D eigenvalue weighted by Crippen LogP contribution is 2.28. The number of carbonyl (C=O) groups excluding carboxylic acids is 1. The highest BCUT2D eigenvalue weighted by Gasteiger charge is 2.13. The van der Waals surface area contributed by atoms with Gasteiger partial charge in [-0.3, -0.25) is 4.79 Å². The van der Waals surface area contributed by atoms with Crippen molar-refractivity contribution in [2.75, 3.05) is 7.11 Å². The Morgan fingerprint density at radius 2 is 2.04 bits per heavy atom. The van der Waals surface area contributed by atoms with Gasteiger partial charge in [0.05, 0.1) is 18.9 Å². The third-order valence-corrected chi connectivity index (χ3v) is 3.07. The van der Waals surface area contributed by atoms with Crippen molar-refractivity contribution in [3.8, 4) is 11.5 Å². The summed E-state index contributed by atoms with van der Waals surface area (Å²) in [6.45, 7) is 0.472. The van der Waals surface area contributed by atoms with Crippen LogP contribution in [0.15, 0.2) is 33.8 Å². The van der Waals surface area contributed by atoms with Gasteiger partial charge in [-0.05, 0) is 43.7 Å². The number of methoxy groups -OCH3 is 1. The molecule has 24 heavy (non-hydrogen) atoms. The number of furan rings is 1. The van der Waals surface area contributed by atoms with E-state index in [0.717, 1.165) is 0 Å². The predicted molar refractivity (Wildman–Crippen MR) is 82.9 cm³/mol. The Kier molecular flexibility index (Phi) is 5.51. The van der Waals surface area contributed by atoms with Crippen LogP contribution in [0.4, 0.5) is 8.78 Å². The molecular formula is C16H16F2N2O4. The fourth-order valence-electron chi connectivity index (χ4n) is 2.04. The molecule has 0 atom stereocenters. The van der Waals surface area contributed by atoms with Gasteiger partial charge in [-0.25, -0.2) is 5.43 Å². The lowest BCUT2D eigenvalue weighted by atomic mass is 10.2. The maximum absolute atomic E-state index is 12.3. The zero-order valence-corrected chi connectivity index (χ0v) is 13.3. The number of ether oxygens (including phenoxy) is 2. The summed E-state index contributed by atoms with van der Waals surface area (Å²) in [5, 5.41) is 3.82. The molecule has 1 amide bonds. The molecule has 2 rings (SSSR count). The molecule has 0 radical (unpaired) electrons. The topological polar surface area (TPSA) is 73.1 Å². The summed E-state index contributed by atoms with van der Waals surface area (Å²) in [5.41, 5.74) is 3.29. The Labute approximate surface area is 137 Å². The van der Waals surface area contributed by atoms with Gasteiger partial charge in [0.25, 0.3) is 5.91 Å². The Hall–Kier alpha value is -2.90. The number of benzene rings is 1. The second-order valence-corrected chi connectivity index (χ2v) is 4.81. The number of amides is 1. The van der Waals surface area contributed by atoms with Crippen LogP contribution in [-0.2, 0) is 0 Å². The summed E-state index contributed by atoms with van der Waals surface area (Å²) in [4.78, 5) is 12.0. The van der Waals surface area contributed by atoms with E-state index in [1.54, 1.807) is 19.9 Å². The molecule has 0 aliphatic rings. The Balaban J connectivity index is 2.06. The van der Waals surface area contributed by atoms with Crippen molar-refractivity contribution in [2.24, 2.45) is 5.10 Å². The third-order valence-electron chi connectivity index (χ3n) is 3.07. The summed E-state index contributed by atoms with van der Waals surface area (Å²) in [6, 6.07) is 5.90. The molecule has 1 N–H and O–H groups in total. The molecule has 0 saturated carbocycles. The fraction of sp³-hybridized carbons (Fsp3) is 0.250. The lowest BCUT2D eigenvalue weighted by Crippen LogP contribution is -2.17. The average molecular weight is 338 g/mol. The van der Waals surface area contributed by atoms with Gasteiger partial charge in [0.1, 0.15) is 11.5 Å². The van der Waals surface area contributed by atoms with E-state index in [4.69, 9.17) is 9.15 Å². The van der Waals surface area contributed by atoms with Crippen molar-refractivity contribution in [3.63, 3.8) is 0 Å². The summed E-state index contributed by atoms with van der Waals surface area (Å²) in [5.74, 6) is 0.756. The van der Waals surface area contributed by atoms with E-state index in [9.17, 15) is 13.6 Å². The van der Waals surface area contributed by atoms with E-state index in [0.29, 0.717) is 22.6 Å². The highest BCUT2D eigenvalue weighted by molar-refractivity contribution is 5.95. The van der Waals surface area contributed by atoms with Crippen molar-refractivity contribution >= 4 is 12.1 Å². The van der Waals surface area contributed by atoms with E-state index in [1.165, 1.54) is 31.5 Å². The van der Waals surface area contributed by atoms with Gasteiger partial charge in [-0.15, -0.1) is 0 Å². The smallest absolute Gasteiger partial charge is 0.387 e. The fourth-order valence-corrected chi connectivity index (χ4v) is 2.04. The van der Waals surface area contributed by atoms with Gasteiger partial charge in [0, 0.05) is 0 Å². The van der Waals surface area contributed by atoms with E-state index in [-0.39, 0.29) is 11.5 Å². The van der Waals surface area contributed by atoms with E-state index in [2.05, 4.69) is 15.3 Å². The number of carbonyl (C=O) groups is 1. The van der Waals surface area contributed by atoms with Crippen molar-refractivity contribution in [2.45, 2.75) is 20.5 Å². The molecular weight excluding hydrogens is 322 g/mol. The highest BCUT2D eigenvalue weighted by atomic mass is 19.3. The second kappa shape index (κ2) is 7.58. The number of hydrogen-bond acceptors (Lipinski definition) is 5. The second-order valence-electron chi connectivity index (χ2n) is 4.81. The lowest BCUT2D eigenvalue weighted by molar-refractivity contribution is -0.0512. The molecule has 1 aromatic carbocycles. The molecule has 6 nitrogen and oxygen atoms in total. The number of alkyl halides is 2. The molecule has 8 heteroatoms. The van der Waals surface area contributed by atoms with Crippen molar-refractivity contribution in [1.82, 2.24) is 5.43 Å². The summed E-state index contributed by atoms with van der Waals surface area (Å²) in [6.07, 6.45) is 1.36. The molecule has 1 aromatic heterocycles. The summed E-state index contributed by atoms with van der Waals surface area (Å²) >= 11 is 0. The number of halogens is 2. The first-order valence-corrected chi connectivity index (χ1v) is 6.94. The number of aryl methyl sites for hydroxylation is 2. The molecule has 0 bridgehead atoms. The largest absolute Gasteiger partial charge is 0.493 e. The molecule has 0 spiro atoms. The maximum atomic E-state index is 12.3. The number of hydrazone groups is 1. The molecule has 0 aliphatic heterocycles. The minimum Gasteiger partial charge on any atom is -0.493 e. The molecule has 0 fully saturated rings. The summed E-state index contributed by atoms with van der Waals surface area (Å²) in [7, 11) is 1.33. The number of nitrogens with one attached hydrogen (secondary N) is 1. The SMILES string of the molecule is COc1cc(/C=N\NC(=O)c2cc(C)oc2C)ccc1OC(F)F. The van der Waals surface area contributed by atoms with Gasteiger partial charge in [0.15, 0.2) is 11.5 Å². The van der Waals surface area contributed by atoms with Crippen LogP contribution < -0.4 is 14.9 Å². The summed E-state index contributed by atoms with van der Waals surface area (Å²) < 4.78 is 39.1. The number of hydrogen-bond donors (Lipinski definition) is 1. The molecule has 128 valence electrons. The molecule has 0 unspecified atom stereocenters. The van der Waals surface area contributed by atoms with Gasteiger partial charge in [0.2, 0.25) is 0 Å². The van der Waals surface area contributed by atoms with Crippen LogP contribution in [0.2, 0.25) is 0 Å². The minimum atomic E-state index is -2.95. The first-order chi connectivity index (χ1) is 11.4. The standard InChI is InChI=1S/C16H16F2N2O4/c1-9-6-12(10(2)23-9)15(21)20-19-8-11-4-5-13(24-16(17)18)14(7-11)22-3/h4-8,16H,1-3H3,(H,20,21)/b19-8-. The van der Waals surface area contributed by atoms with Crippen LogP contribution in [0.1, 0.15) is 27.4 Å². The van der Waals surface area contributed by atoms with Crippen molar-refractivity contribution in [1.29, 1.82) is 0 Å². The van der Waals surface area contributed by atoms with Crippen LogP contribution >= 0.6 is 0 Å². The maximum Gasteiger partial charge on any atom is 0.387 e. The Morgan fingerprint density at radius 3 is 2.62 bits per heavy atom. The molecule has 0 aliphatic carbocycles. The number of nitrogens with zero attached hydrogens (tertiary/aromatic N) is 1. The quantitative estimate of drug-likeness (QED) is 0.648. The first-order valence-electron chi connectivity index (χ1n) is 6.94. The molecule has 2 aromatic rings. The third kappa shape index (κ3) is 4.31. The zero-order chi connectivity index (χ0) is 17.7. The van der Waals surface area contributed by atoms with E-state index in [1.807, 2.05) is 0 Å². The van der Waals surface area contributed by atoms with Crippen molar-refractivity contribution < 1.29 is 27.5 Å². The predicted octanol–water partition coefficient (Wildman–Crippen LogP) is 3.27. The zero-order valence-electron chi connectivity index (χ0n) is 13.3. The average Bonchev–Trinajstić information content (AvgIpc) is 2.86. The Morgan fingerprint density at radius 1 is 1.29 bits per heavy atom. The van der Waals surface area contributed by atoms with Crippen molar-refractivity contribution in [3.05, 3.63) is 46.9 Å². The van der Waals surface area contributed by atoms with E-state index >= 15 is 0 Å².